The molecule has 2 aliphatic rings. The molecule has 2 N–H and O–H groups in total. The van der Waals surface area contributed by atoms with Gasteiger partial charge in [0.2, 0.25) is 5.91 Å². The van der Waals surface area contributed by atoms with Gasteiger partial charge < -0.3 is 10.6 Å². The number of allylic oxidation sites excluding steroid dienone is 3. The van der Waals surface area contributed by atoms with Gasteiger partial charge in [0.15, 0.2) is 11.6 Å². The predicted octanol–water partition coefficient (Wildman–Crippen LogP) is 5.34. The van der Waals surface area contributed by atoms with Gasteiger partial charge in [-0.15, -0.1) is 0 Å². The Morgan fingerprint density at radius 1 is 1.21 bits per heavy atom. The van der Waals surface area contributed by atoms with Gasteiger partial charge in [0.05, 0.1) is 28.3 Å². The second-order valence-corrected chi connectivity index (χ2v) is 9.53. The molecule has 1 heterocycles. The Balaban J connectivity index is 1.58. The van der Waals surface area contributed by atoms with E-state index in [2.05, 4.69) is 16.7 Å². The molecule has 34 heavy (non-hydrogen) atoms. The highest BCUT2D eigenvalue weighted by Gasteiger charge is 2.37. The van der Waals surface area contributed by atoms with Crippen molar-refractivity contribution in [2.24, 2.45) is 0 Å². The number of nitrogens with one attached hydrogen (secondary N) is 2. The lowest BCUT2D eigenvalue weighted by Gasteiger charge is -2.33. The molecule has 172 valence electrons. The smallest absolute Gasteiger partial charge is 0.234 e. The first-order valence-electron chi connectivity index (χ1n) is 10.8. The van der Waals surface area contributed by atoms with E-state index in [0.717, 1.165) is 17.7 Å². The third-order valence-electron chi connectivity index (χ3n) is 5.77. The minimum absolute atomic E-state index is 0.0357. The highest BCUT2D eigenvalue weighted by Crippen LogP contribution is 2.44. The molecule has 2 aromatic rings. The number of nitrogens with zero attached hydrogens (tertiary/aromatic N) is 1. The number of nitriles is 1. The average Bonchev–Trinajstić information content (AvgIpc) is 2.82. The minimum Gasteiger partial charge on any atom is -0.352 e. The zero-order valence-electron chi connectivity index (χ0n) is 18.5. The molecule has 1 amide bonds. The topological polar surface area (TPSA) is 99.1 Å². The third-order valence-corrected chi connectivity index (χ3v) is 7.04. The summed E-state index contributed by atoms with van der Waals surface area (Å²) in [6.45, 7) is 1.47. The van der Waals surface area contributed by atoms with Crippen LogP contribution in [0, 0.1) is 11.3 Å². The summed E-state index contributed by atoms with van der Waals surface area (Å²) in [4.78, 5) is 37.1. The summed E-state index contributed by atoms with van der Waals surface area (Å²) in [5, 5.41) is 17.3. The van der Waals surface area contributed by atoms with Crippen molar-refractivity contribution in [1.82, 2.24) is 5.32 Å². The largest absolute Gasteiger partial charge is 0.352 e. The second-order valence-electron chi connectivity index (χ2n) is 8.11. The monoisotopic (exact) mass is 491 g/mol. The van der Waals surface area contributed by atoms with Gasteiger partial charge in [0.25, 0.3) is 0 Å². The van der Waals surface area contributed by atoms with E-state index in [1.165, 1.54) is 18.7 Å². The van der Waals surface area contributed by atoms with Crippen molar-refractivity contribution in [2.45, 2.75) is 32.1 Å². The standard InChI is InChI=1S/C26H22ClN3O3S/c1-15(31)17-4-2-5-19(12-17)29-23(33)14-34-26-20(13-28)24(16-8-10-18(27)11-9-16)25-21(30-26)6-3-7-22(25)32/h2,4-5,8-12,24,30H,3,6-7,14H2,1H3,(H,29,33). The van der Waals surface area contributed by atoms with Crippen molar-refractivity contribution >= 4 is 46.5 Å². The Morgan fingerprint density at radius 2 is 1.97 bits per heavy atom. The summed E-state index contributed by atoms with van der Waals surface area (Å²) in [5.41, 5.74) is 3.71. The second kappa shape index (κ2) is 10.3. The number of carbonyl (C=O) groups is 3. The third kappa shape index (κ3) is 5.09. The van der Waals surface area contributed by atoms with Crippen LogP contribution >= 0.6 is 23.4 Å². The Bertz CT molecular complexity index is 1270. The van der Waals surface area contributed by atoms with Crippen molar-refractivity contribution in [3.05, 3.63) is 86.6 Å². The molecule has 8 heteroatoms. The molecular formula is C26H22ClN3O3S. The van der Waals surface area contributed by atoms with Crippen LogP contribution in [-0.2, 0) is 9.59 Å². The van der Waals surface area contributed by atoms with Crippen LogP contribution in [0.3, 0.4) is 0 Å². The van der Waals surface area contributed by atoms with Gasteiger partial charge in [-0.3, -0.25) is 14.4 Å². The SMILES string of the molecule is CC(=O)c1cccc(NC(=O)CSC2=C(C#N)C(c3ccc(Cl)cc3)C3=C(CCCC3=O)N2)c1. The number of ketones is 2. The van der Waals surface area contributed by atoms with Crippen LogP contribution in [0.1, 0.15) is 48.0 Å². The first-order chi connectivity index (χ1) is 16.4. The zero-order chi connectivity index (χ0) is 24.2. The maximum absolute atomic E-state index is 12.8. The highest BCUT2D eigenvalue weighted by atomic mass is 35.5. The maximum Gasteiger partial charge on any atom is 0.234 e. The molecule has 0 saturated heterocycles. The molecule has 1 aliphatic carbocycles. The molecule has 0 fully saturated rings. The number of dihydropyridines is 1. The van der Waals surface area contributed by atoms with Crippen molar-refractivity contribution in [2.75, 3.05) is 11.1 Å². The molecular weight excluding hydrogens is 470 g/mol. The highest BCUT2D eigenvalue weighted by molar-refractivity contribution is 8.03. The number of benzene rings is 2. The molecule has 1 unspecified atom stereocenters. The van der Waals surface area contributed by atoms with Crippen LogP contribution in [0.2, 0.25) is 5.02 Å². The quantitative estimate of drug-likeness (QED) is 0.529. The molecule has 0 saturated carbocycles. The van der Waals surface area contributed by atoms with Crippen molar-refractivity contribution in [3.8, 4) is 6.07 Å². The van der Waals surface area contributed by atoms with E-state index in [1.807, 2.05) is 12.1 Å². The van der Waals surface area contributed by atoms with E-state index in [4.69, 9.17) is 11.6 Å². The van der Waals surface area contributed by atoms with Crippen LogP contribution in [0.25, 0.3) is 0 Å². The summed E-state index contributed by atoms with van der Waals surface area (Å²) in [7, 11) is 0. The van der Waals surface area contributed by atoms with Crippen LogP contribution in [-0.4, -0.2) is 23.2 Å². The maximum atomic E-state index is 12.8. The molecule has 2 aromatic carbocycles. The van der Waals surface area contributed by atoms with Crippen LogP contribution in [0.5, 0.6) is 0 Å². The summed E-state index contributed by atoms with van der Waals surface area (Å²) in [6.07, 6.45) is 1.90. The zero-order valence-corrected chi connectivity index (χ0v) is 20.1. The van der Waals surface area contributed by atoms with Crippen molar-refractivity contribution < 1.29 is 14.4 Å². The lowest BCUT2D eigenvalue weighted by Crippen LogP contribution is -2.31. The fraction of sp³-hybridized carbons (Fsp3) is 0.231. The Labute approximate surface area is 207 Å². The van der Waals surface area contributed by atoms with Gasteiger partial charge in [-0.25, -0.2) is 0 Å². The summed E-state index contributed by atoms with van der Waals surface area (Å²) in [5.74, 6) is -0.751. The van der Waals surface area contributed by atoms with Gasteiger partial charge in [-0.2, -0.15) is 5.26 Å². The molecule has 0 aromatic heterocycles. The molecule has 4 rings (SSSR count). The summed E-state index contributed by atoms with van der Waals surface area (Å²) in [6, 6.07) is 16.2. The molecule has 0 radical (unpaired) electrons. The predicted molar refractivity (Wildman–Crippen MR) is 133 cm³/mol. The number of halogens is 1. The fourth-order valence-electron chi connectivity index (χ4n) is 4.18. The van der Waals surface area contributed by atoms with E-state index < -0.39 is 5.92 Å². The van der Waals surface area contributed by atoms with Gasteiger partial charge in [-0.05, 0) is 49.6 Å². The van der Waals surface area contributed by atoms with Gasteiger partial charge in [0, 0.05) is 34.0 Å². The van der Waals surface area contributed by atoms with E-state index in [-0.39, 0.29) is 23.2 Å². The van der Waals surface area contributed by atoms with Gasteiger partial charge >= 0.3 is 0 Å². The number of Topliss-reactive ketones (excluding diaryl/α,β-unsaturated/α-hetero) is 2. The van der Waals surface area contributed by atoms with Crippen molar-refractivity contribution in [3.63, 3.8) is 0 Å². The van der Waals surface area contributed by atoms with Crippen LogP contribution in [0.15, 0.2) is 70.4 Å². The fourth-order valence-corrected chi connectivity index (χ4v) is 5.16. The lowest BCUT2D eigenvalue weighted by molar-refractivity contribution is -0.116. The Hall–Kier alpha value is -3.34. The number of hydrogen-bond donors (Lipinski definition) is 2. The Morgan fingerprint density at radius 3 is 2.68 bits per heavy atom. The van der Waals surface area contributed by atoms with E-state index in [1.54, 1.807) is 36.4 Å². The average molecular weight is 492 g/mol. The van der Waals surface area contributed by atoms with Gasteiger partial charge in [0.1, 0.15) is 0 Å². The van der Waals surface area contributed by atoms with E-state index in [0.29, 0.717) is 45.3 Å². The summed E-state index contributed by atoms with van der Waals surface area (Å²) >= 11 is 7.28. The van der Waals surface area contributed by atoms with Crippen LogP contribution in [0.4, 0.5) is 5.69 Å². The van der Waals surface area contributed by atoms with Gasteiger partial charge in [-0.1, -0.05) is 47.6 Å². The first-order valence-corrected chi connectivity index (χ1v) is 12.2. The molecule has 0 bridgehead atoms. The molecule has 0 spiro atoms. The van der Waals surface area contributed by atoms with E-state index >= 15 is 0 Å². The van der Waals surface area contributed by atoms with E-state index in [9.17, 15) is 19.6 Å². The summed E-state index contributed by atoms with van der Waals surface area (Å²) < 4.78 is 0. The number of carbonyl (C=O) groups excluding carboxylic acids is 3. The lowest BCUT2D eigenvalue weighted by atomic mass is 9.77. The molecule has 1 atom stereocenters. The Kier molecular flexibility index (Phi) is 7.20. The first kappa shape index (κ1) is 23.8. The number of rotatable bonds is 6. The minimum atomic E-state index is -0.496. The van der Waals surface area contributed by atoms with Crippen LogP contribution < -0.4 is 10.6 Å². The number of amides is 1. The number of hydrogen-bond acceptors (Lipinski definition) is 6. The molecule has 6 nitrogen and oxygen atoms in total. The molecule has 1 aliphatic heterocycles. The van der Waals surface area contributed by atoms with Crippen molar-refractivity contribution in [1.29, 1.82) is 5.26 Å². The number of thioether (sulfide) groups is 1. The number of anilines is 1. The normalized spacial score (nSPS) is 17.6.